The number of carbonyl (C=O) groups excluding carboxylic acids is 1. The fourth-order valence-electron chi connectivity index (χ4n) is 3.09. The number of nitrogens with zero attached hydrogens (tertiary/aromatic N) is 2. The van der Waals surface area contributed by atoms with Crippen LogP contribution in [0, 0.1) is 22.7 Å². The van der Waals surface area contributed by atoms with E-state index in [2.05, 4.69) is 19.9 Å². The van der Waals surface area contributed by atoms with Gasteiger partial charge in [0, 0.05) is 12.0 Å². The second kappa shape index (κ2) is 6.05. The Kier molecular flexibility index (Phi) is 4.99. The molecule has 1 saturated carbocycles. The van der Waals surface area contributed by atoms with Crippen molar-refractivity contribution in [3.05, 3.63) is 0 Å². The Morgan fingerprint density at radius 1 is 1.41 bits per heavy atom. The molecule has 1 aliphatic carbocycles. The number of nitriles is 1. The lowest BCUT2D eigenvalue weighted by atomic mass is 9.77. The van der Waals surface area contributed by atoms with Gasteiger partial charge < -0.3 is 4.90 Å². The molecule has 0 saturated heterocycles. The van der Waals surface area contributed by atoms with E-state index in [1.807, 2.05) is 6.92 Å². The van der Waals surface area contributed by atoms with Crippen molar-refractivity contribution in [3.63, 3.8) is 0 Å². The van der Waals surface area contributed by atoms with E-state index in [-0.39, 0.29) is 17.9 Å². The Balaban J connectivity index is 2.83. The van der Waals surface area contributed by atoms with Gasteiger partial charge in [0.25, 0.3) is 0 Å². The van der Waals surface area contributed by atoms with Crippen LogP contribution in [0.25, 0.3) is 0 Å². The number of hydrogen-bond acceptors (Lipinski definition) is 2. The summed E-state index contributed by atoms with van der Waals surface area (Å²) in [6, 6.07) is 2.10. The number of carbonyl (C=O) groups is 1. The van der Waals surface area contributed by atoms with E-state index < -0.39 is 0 Å². The standard InChI is InChI=1S/C14H24N2O/c1-4-16(10-9-15)13(17)14(11-12(2)3)7-5-6-8-14/h12H,4-8,10-11H2,1-3H3. The fraction of sp³-hybridized carbons (Fsp3) is 0.857. The van der Waals surface area contributed by atoms with Crippen LogP contribution in [0.15, 0.2) is 0 Å². The molecule has 1 aliphatic rings. The van der Waals surface area contributed by atoms with Crippen molar-refractivity contribution in [1.82, 2.24) is 4.90 Å². The molecule has 17 heavy (non-hydrogen) atoms. The molecule has 0 spiro atoms. The Bertz CT molecular complexity index is 298. The monoisotopic (exact) mass is 236 g/mol. The van der Waals surface area contributed by atoms with E-state index in [1.54, 1.807) is 4.90 Å². The average Bonchev–Trinajstić information content (AvgIpc) is 2.73. The third-order valence-corrected chi connectivity index (χ3v) is 3.74. The molecule has 0 atom stereocenters. The van der Waals surface area contributed by atoms with Crippen molar-refractivity contribution in [2.45, 2.75) is 52.9 Å². The summed E-state index contributed by atoms with van der Waals surface area (Å²) in [5.41, 5.74) is -0.166. The third kappa shape index (κ3) is 3.21. The van der Waals surface area contributed by atoms with E-state index in [1.165, 1.54) is 0 Å². The maximum Gasteiger partial charge on any atom is 0.229 e. The van der Waals surface area contributed by atoms with Crippen molar-refractivity contribution in [2.24, 2.45) is 11.3 Å². The van der Waals surface area contributed by atoms with Gasteiger partial charge >= 0.3 is 0 Å². The van der Waals surface area contributed by atoms with E-state index in [4.69, 9.17) is 5.26 Å². The summed E-state index contributed by atoms with van der Waals surface area (Å²) in [5.74, 6) is 0.755. The van der Waals surface area contributed by atoms with Crippen LogP contribution in [-0.2, 0) is 4.79 Å². The molecular weight excluding hydrogens is 212 g/mol. The molecule has 0 radical (unpaired) electrons. The molecule has 96 valence electrons. The predicted octanol–water partition coefficient (Wildman–Crippen LogP) is 2.96. The van der Waals surface area contributed by atoms with Crippen LogP contribution in [0.2, 0.25) is 0 Å². The summed E-state index contributed by atoms with van der Waals surface area (Å²) in [7, 11) is 0. The van der Waals surface area contributed by atoms with Crippen LogP contribution in [0.3, 0.4) is 0 Å². The van der Waals surface area contributed by atoms with Gasteiger partial charge in [-0.05, 0) is 32.1 Å². The van der Waals surface area contributed by atoms with Gasteiger partial charge in [-0.1, -0.05) is 26.7 Å². The highest BCUT2D eigenvalue weighted by Crippen LogP contribution is 2.44. The lowest BCUT2D eigenvalue weighted by Crippen LogP contribution is -2.43. The largest absolute Gasteiger partial charge is 0.329 e. The van der Waals surface area contributed by atoms with Crippen molar-refractivity contribution >= 4 is 5.91 Å². The van der Waals surface area contributed by atoms with Gasteiger partial charge in [0.15, 0.2) is 0 Å². The zero-order valence-corrected chi connectivity index (χ0v) is 11.3. The predicted molar refractivity (Wildman–Crippen MR) is 68.2 cm³/mol. The Labute approximate surface area is 105 Å². The van der Waals surface area contributed by atoms with Gasteiger partial charge in [0.2, 0.25) is 5.91 Å². The second-order valence-corrected chi connectivity index (χ2v) is 5.56. The molecule has 0 aromatic carbocycles. The molecule has 0 aromatic rings. The number of rotatable bonds is 5. The van der Waals surface area contributed by atoms with E-state index >= 15 is 0 Å². The Morgan fingerprint density at radius 3 is 2.41 bits per heavy atom. The van der Waals surface area contributed by atoms with E-state index in [0.717, 1.165) is 32.1 Å². The Morgan fingerprint density at radius 2 is 2.00 bits per heavy atom. The van der Waals surface area contributed by atoms with Gasteiger partial charge in [-0.2, -0.15) is 5.26 Å². The lowest BCUT2D eigenvalue weighted by molar-refractivity contribution is -0.142. The van der Waals surface area contributed by atoms with Crippen molar-refractivity contribution in [2.75, 3.05) is 13.1 Å². The number of amides is 1. The molecule has 3 heteroatoms. The maximum atomic E-state index is 12.6. The summed E-state index contributed by atoms with van der Waals surface area (Å²) in [4.78, 5) is 14.3. The molecule has 0 N–H and O–H groups in total. The molecule has 0 aromatic heterocycles. The highest BCUT2D eigenvalue weighted by Gasteiger charge is 2.43. The van der Waals surface area contributed by atoms with Crippen molar-refractivity contribution in [1.29, 1.82) is 5.26 Å². The zero-order chi connectivity index (χ0) is 12.9. The molecule has 1 amide bonds. The van der Waals surface area contributed by atoms with Gasteiger partial charge in [0.1, 0.15) is 6.54 Å². The van der Waals surface area contributed by atoms with E-state index in [0.29, 0.717) is 12.5 Å². The third-order valence-electron chi connectivity index (χ3n) is 3.74. The summed E-state index contributed by atoms with van der Waals surface area (Å²) in [5, 5.41) is 8.78. The topological polar surface area (TPSA) is 44.1 Å². The first-order valence-electron chi connectivity index (χ1n) is 6.72. The minimum atomic E-state index is -0.166. The van der Waals surface area contributed by atoms with Crippen LogP contribution >= 0.6 is 0 Å². The molecule has 0 heterocycles. The van der Waals surface area contributed by atoms with Gasteiger partial charge in [-0.15, -0.1) is 0 Å². The van der Waals surface area contributed by atoms with Crippen molar-refractivity contribution < 1.29 is 4.79 Å². The molecular formula is C14H24N2O. The highest BCUT2D eigenvalue weighted by molar-refractivity contribution is 5.83. The van der Waals surface area contributed by atoms with Crippen LogP contribution in [0.4, 0.5) is 0 Å². The average molecular weight is 236 g/mol. The van der Waals surface area contributed by atoms with Crippen LogP contribution in [-0.4, -0.2) is 23.9 Å². The quantitative estimate of drug-likeness (QED) is 0.689. The molecule has 0 bridgehead atoms. The van der Waals surface area contributed by atoms with Gasteiger partial charge in [-0.3, -0.25) is 4.79 Å². The molecule has 3 nitrogen and oxygen atoms in total. The number of hydrogen-bond donors (Lipinski definition) is 0. The minimum Gasteiger partial charge on any atom is -0.329 e. The normalized spacial score (nSPS) is 18.1. The van der Waals surface area contributed by atoms with E-state index in [9.17, 15) is 4.79 Å². The summed E-state index contributed by atoms with van der Waals surface area (Å²) in [6.07, 6.45) is 5.29. The smallest absolute Gasteiger partial charge is 0.229 e. The van der Waals surface area contributed by atoms with Crippen molar-refractivity contribution in [3.8, 4) is 6.07 Å². The summed E-state index contributed by atoms with van der Waals surface area (Å²) >= 11 is 0. The Hall–Kier alpha value is -1.04. The minimum absolute atomic E-state index is 0.166. The summed E-state index contributed by atoms with van der Waals surface area (Å²) in [6.45, 7) is 7.18. The second-order valence-electron chi connectivity index (χ2n) is 5.56. The highest BCUT2D eigenvalue weighted by atomic mass is 16.2. The van der Waals surface area contributed by atoms with Crippen LogP contribution in [0.1, 0.15) is 52.9 Å². The SMILES string of the molecule is CCN(CC#N)C(=O)C1(CC(C)C)CCCC1. The maximum absolute atomic E-state index is 12.6. The summed E-state index contributed by atoms with van der Waals surface area (Å²) < 4.78 is 0. The zero-order valence-electron chi connectivity index (χ0n) is 11.3. The first-order valence-corrected chi connectivity index (χ1v) is 6.72. The molecule has 1 fully saturated rings. The van der Waals surface area contributed by atoms with Crippen LogP contribution < -0.4 is 0 Å². The molecule has 0 aliphatic heterocycles. The first-order chi connectivity index (χ1) is 8.05. The molecule has 0 unspecified atom stereocenters. The van der Waals surface area contributed by atoms with Crippen LogP contribution in [0.5, 0.6) is 0 Å². The van der Waals surface area contributed by atoms with Gasteiger partial charge in [-0.25, -0.2) is 0 Å². The first kappa shape index (κ1) is 14.0. The van der Waals surface area contributed by atoms with Gasteiger partial charge in [0.05, 0.1) is 6.07 Å². The fourth-order valence-corrected chi connectivity index (χ4v) is 3.09. The lowest BCUT2D eigenvalue weighted by Gasteiger charge is -2.34. The molecule has 1 rings (SSSR count).